The van der Waals surface area contributed by atoms with Gasteiger partial charge in [0.1, 0.15) is 17.2 Å². The number of methoxy groups -OCH3 is 2. The summed E-state index contributed by atoms with van der Waals surface area (Å²) in [5.74, 6) is 2.76. The first-order chi connectivity index (χ1) is 15.0. The summed E-state index contributed by atoms with van der Waals surface area (Å²) < 4.78 is 21.6. The van der Waals surface area contributed by atoms with Crippen LogP contribution in [0.2, 0.25) is 0 Å². The van der Waals surface area contributed by atoms with E-state index < -0.39 is 0 Å². The lowest BCUT2D eigenvalue weighted by Gasteiger charge is -2.14. The molecule has 0 fully saturated rings. The van der Waals surface area contributed by atoms with Crippen LogP contribution in [0.4, 0.5) is 0 Å². The zero-order chi connectivity index (χ0) is 22.2. The van der Waals surface area contributed by atoms with E-state index in [0.29, 0.717) is 48.2 Å². The van der Waals surface area contributed by atoms with Gasteiger partial charge in [0.05, 0.1) is 32.9 Å². The van der Waals surface area contributed by atoms with Crippen molar-refractivity contribution in [1.82, 2.24) is 15.0 Å². The van der Waals surface area contributed by atoms with Gasteiger partial charge in [-0.2, -0.15) is 4.98 Å². The van der Waals surface area contributed by atoms with E-state index >= 15 is 0 Å². The molecule has 1 aromatic heterocycles. The molecule has 0 aliphatic rings. The Morgan fingerprint density at radius 3 is 2.52 bits per heavy atom. The van der Waals surface area contributed by atoms with Crippen molar-refractivity contribution in [2.45, 2.75) is 26.3 Å². The Bertz CT molecular complexity index is 1000. The van der Waals surface area contributed by atoms with E-state index in [-0.39, 0.29) is 12.5 Å². The van der Waals surface area contributed by atoms with Crippen LogP contribution >= 0.6 is 0 Å². The standard InChI is InChI=1S/C23H27N3O5/c1-16-7-9-17(10-8-16)30-13-5-6-22(27)26(2)15-21-24-23(25-31-21)19-12-11-18(28-3)14-20(19)29-4/h7-12,14H,5-6,13,15H2,1-4H3. The molecule has 2 aromatic carbocycles. The maximum atomic E-state index is 12.4. The van der Waals surface area contributed by atoms with Crippen molar-refractivity contribution in [3.8, 4) is 28.6 Å². The van der Waals surface area contributed by atoms with Gasteiger partial charge in [0.25, 0.3) is 0 Å². The second kappa shape index (κ2) is 10.5. The van der Waals surface area contributed by atoms with Crippen LogP contribution in [0.25, 0.3) is 11.4 Å². The van der Waals surface area contributed by atoms with Crippen molar-refractivity contribution >= 4 is 5.91 Å². The van der Waals surface area contributed by atoms with Crippen LogP contribution in [0.3, 0.4) is 0 Å². The molecule has 164 valence electrons. The third kappa shape index (κ3) is 5.97. The number of aryl methyl sites for hydroxylation is 1. The topological polar surface area (TPSA) is 86.9 Å². The van der Waals surface area contributed by atoms with Gasteiger partial charge in [-0.3, -0.25) is 4.79 Å². The van der Waals surface area contributed by atoms with Crippen LogP contribution in [-0.2, 0) is 11.3 Å². The summed E-state index contributed by atoms with van der Waals surface area (Å²) in [6.45, 7) is 2.73. The predicted molar refractivity (Wildman–Crippen MR) is 115 cm³/mol. The van der Waals surface area contributed by atoms with Gasteiger partial charge in [-0.25, -0.2) is 0 Å². The second-order valence-electron chi connectivity index (χ2n) is 7.09. The number of carbonyl (C=O) groups is 1. The summed E-state index contributed by atoms with van der Waals surface area (Å²) in [4.78, 5) is 18.4. The zero-order valence-corrected chi connectivity index (χ0v) is 18.3. The Balaban J connectivity index is 1.50. The van der Waals surface area contributed by atoms with E-state index in [1.54, 1.807) is 44.4 Å². The Kier molecular flexibility index (Phi) is 7.48. The number of aromatic nitrogens is 2. The lowest BCUT2D eigenvalue weighted by molar-refractivity contribution is -0.131. The Hall–Kier alpha value is -3.55. The van der Waals surface area contributed by atoms with E-state index in [1.165, 1.54) is 5.56 Å². The lowest BCUT2D eigenvalue weighted by Crippen LogP contribution is -2.26. The first-order valence-electron chi connectivity index (χ1n) is 9.98. The highest BCUT2D eigenvalue weighted by molar-refractivity contribution is 5.75. The number of nitrogens with zero attached hydrogens (tertiary/aromatic N) is 3. The van der Waals surface area contributed by atoms with Crippen molar-refractivity contribution in [3.63, 3.8) is 0 Å². The van der Waals surface area contributed by atoms with Gasteiger partial charge in [-0.15, -0.1) is 0 Å². The summed E-state index contributed by atoms with van der Waals surface area (Å²) in [7, 11) is 4.86. The Labute approximate surface area is 181 Å². The number of hydrogen-bond donors (Lipinski definition) is 0. The average molecular weight is 425 g/mol. The fraction of sp³-hybridized carbons (Fsp3) is 0.348. The highest BCUT2D eigenvalue weighted by Crippen LogP contribution is 2.31. The van der Waals surface area contributed by atoms with E-state index in [1.807, 2.05) is 31.2 Å². The number of rotatable bonds is 10. The van der Waals surface area contributed by atoms with Gasteiger partial charge < -0.3 is 23.6 Å². The molecule has 1 amide bonds. The number of amides is 1. The molecule has 0 saturated heterocycles. The number of benzene rings is 2. The molecule has 0 aliphatic heterocycles. The van der Waals surface area contributed by atoms with E-state index in [0.717, 1.165) is 5.75 Å². The van der Waals surface area contributed by atoms with Crippen molar-refractivity contribution in [2.75, 3.05) is 27.9 Å². The van der Waals surface area contributed by atoms with E-state index in [2.05, 4.69) is 10.1 Å². The summed E-state index contributed by atoms with van der Waals surface area (Å²) in [6.07, 6.45) is 0.991. The van der Waals surface area contributed by atoms with E-state index in [4.69, 9.17) is 18.7 Å². The van der Waals surface area contributed by atoms with Gasteiger partial charge in [-0.05, 0) is 37.6 Å². The summed E-state index contributed by atoms with van der Waals surface area (Å²) >= 11 is 0. The van der Waals surface area contributed by atoms with Crippen LogP contribution in [-0.4, -0.2) is 48.8 Å². The molecule has 1 heterocycles. The number of hydrogen-bond acceptors (Lipinski definition) is 7. The van der Waals surface area contributed by atoms with Crippen molar-refractivity contribution in [1.29, 1.82) is 0 Å². The maximum absolute atomic E-state index is 12.4. The molecule has 0 aliphatic carbocycles. The average Bonchev–Trinajstić information content (AvgIpc) is 3.25. The molecule has 8 nitrogen and oxygen atoms in total. The first-order valence-corrected chi connectivity index (χ1v) is 9.98. The molecule has 0 N–H and O–H groups in total. The molecule has 0 saturated carbocycles. The molecule has 0 radical (unpaired) electrons. The minimum atomic E-state index is -0.0192. The van der Waals surface area contributed by atoms with Crippen molar-refractivity contribution < 1.29 is 23.5 Å². The zero-order valence-electron chi connectivity index (χ0n) is 18.3. The Morgan fingerprint density at radius 1 is 1.06 bits per heavy atom. The summed E-state index contributed by atoms with van der Waals surface area (Å²) in [5, 5.41) is 4.01. The van der Waals surface area contributed by atoms with Crippen LogP contribution in [0.15, 0.2) is 47.0 Å². The number of carbonyl (C=O) groups excluding carboxylic acids is 1. The number of ether oxygens (including phenoxy) is 3. The highest BCUT2D eigenvalue weighted by atomic mass is 16.5. The molecule has 3 aromatic rings. The highest BCUT2D eigenvalue weighted by Gasteiger charge is 2.17. The molecule has 0 unspecified atom stereocenters. The van der Waals surface area contributed by atoms with Gasteiger partial charge in [0.15, 0.2) is 0 Å². The quantitative estimate of drug-likeness (QED) is 0.456. The fourth-order valence-electron chi connectivity index (χ4n) is 2.94. The molecule has 0 spiro atoms. The van der Waals surface area contributed by atoms with Gasteiger partial charge in [-0.1, -0.05) is 22.9 Å². The molecule has 8 heteroatoms. The van der Waals surface area contributed by atoms with Gasteiger partial charge >= 0.3 is 0 Å². The SMILES string of the molecule is COc1ccc(-c2noc(CN(C)C(=O)CCCOc3ccc(C)cc3)n2)c(OC)c1. The largest absolute Gasteiger partial charge is 0.497 e. The van der Waals surface area contributed by atoms with Crippen LogP contribution < -0.4 is 14.2 Å². The molecular weight excluding hydrogens is 398 g/mol. The van der Waals surface area contributed by atoms with E-state index in [9.17, 15) is 4.79 Å². The summed E-state index contributed by atoms with van der Waals surface area (Å²) in [5.41, 5.74) is 1.86. The monoisotopic (exact) mass is 425 g/mol. The smallest absolute Gasteiger partial charge is 0.246 e. The fourth-order valence-corrected chi connectivity index (χ4v) is 2.94. The second-order valence-corrected chi connectivity index (χ2v) is 7.09. The molecule has 31 heavy (non-hydrogen) atoms. The summed E-state index contributed by atoms with van der Waals surface area (Å²) in [6, 6.07) is 13.2. The predicted octanol–water partition coefficient (Wildman–Crippen LogP) is 3.88. The molecule has 3 rings (SSSR count). The molecule has 0 bridgehead atoms. The molecular formula is C23H27N3O5. The van der Waals surface area contributed by atoms with Crippen LogP contribution in [0.1, 0.15) is 24.3 Å². The van der Waals surface area contributed by atoms with Gasteiger partial charge in [0, 0.05) is 19.5 Å². The minimum Gasteiger partial charge on any atom is -0.497 e. The van der Waals surface area contributed by atoms with Crippen molar-refractivity contribution in [2.24, 2.45) is 0 Å². The Morgan fingerprint density at radius 2 is 1.81 bits per heavy atom. The van der Waals surface area contributed by atoms with Crippen molar-refractivity contribution in [3.05, 3.63) is 53.9 Å². The van der Waals surface area contributed by atoms with Gasteiger partial charge in [0.2, 0.25) is 17.6 Å². The third-order valence-electron chi connectivity index (χ3n) is 4.74. The molecule has 0 atom stereocenters. The maximum Gasteiger partial charge on any atom is 0.246 e. The van der Waals surface area contributed by atoms with Crippen LogP contribution in [0, 0.1) is 6.92 Å². The third-order valence-corrected chi connectivity index (χ3v) is 4.74. The van der Waals surface area contributed by atoms with Crippen LogP contribution in [0.5, 0.6) is 17.2 Å². The first kappa shape index (κ1) is 22.1. The lowest BCUT2D eigenvalue weighted by atomic mass is 10.2. The minimum absolute atomic E-state index is 0.0192. The normalized spacial score (nSPS) is 10.6.